The molecule has 19 heavy (non-hydrogen) atoms. The maximum absolute atomic E-state index is 5.11. The standard InChI is InChI=1S/C8H14N8O2S/c1-15-11-6(9-13-15)5-19-8-10-12-14-16(8)4-7(17-2)18-3/h7H,4-5H2,1-3H3. The topological polar surface area (TPSA) is 106 Å². The first-order valence-corrected chi connectivity index (χ1v) is 6.39. The summed E-state index contributed by atoms with van der Waals surface area (Å²) in [6, 6.07) is 0. The zero-order valence-corrected chi connectivity index (χ0v) is 11.6. The number of thioether (sulfide) groups is 1. The van der Waals surface area contributed by atoms with Gasteiger partial charge in [0.25, 0.3) is 0 Å². The van der Waals surface area contributed by atoms with Crippen LogP contribution >= 0.6 is 11.8 Å². The summed E-state index contributed by atoms with van der Waals surface area (Å²) < 4.78 is 11.8. The molecule has 0 fully saturated rings. The first kappa shape index (κ1) is 13.8. The minimum Gasteiger partial charge on any atom is -0.354 e. The van der Waals surface area contributed by atoms with Gasteiger partial charge in [-0.05, 0) is 15.6 Å². The van der Waals surface area contributed by atoms with Crippen molar-refractivity contribution < 1.29 is 9.47 Å². The van der Waals surface area contributed by atoms with Crippen LogP contribution < -0.4 is 0 Å². The van der Waals surface area contributed by atoms with Gasteiger partial charge in [0.15, 0.2) is 12.1 Å². The monoisotopic (exact) mass is 286 g/mol. The molecule has 10 nitrogen and oxygen atoms in total. The Balaban J connectivity index is 1.95. The number of aromatic nitrogens is 8. The van der Waals surface area contributed by atoms with Gasteiger partial charge in [-0.1, -0.05) is 11.8 Å². The van der Waals surface area contributed by atoms with Gasteiger partial charge in [0.1, 0.15) is 0 Å². The lowest BCUT2D eigenvalue weighted by atomic mass is 10.6. The zero-order chi connectivity index (χ0) is 13.7. The van der Waals surface area contributed by atoms with E-state index in [4.69, 9.17) is 9.47 Å². The van der Waals surface area contributed by atoms with Gasteiger partial charge in [-0.15, -0.1) is 15.3 Å². The van der Waals surface area contributed by atoms with Crippen LogP contribution in [0.4, 0.5) is 0 Å². The molecule has 0 saturated heterocycles. The van der Waals surface area contributed by atoms with Crippen LogP contribution in [0.1, 0.15) is 5.82 Å². The van der Waals surface area contributed by atoms with E-state index in [1.165, 1.54) is 16.6 Å². The molecular weight excluding hydrogens is 272 g/mol. The summed E-state index contributed by atoms with van der Waals surface area (Å²) in [6.07, 6.45) is -0.391. The van der Waals surface area contributed by atoms with Gasteiger partial charge in [-0.25, -0.2) is 4.68 Å². The first-order valence-electron chi connectivity index (χ1n) is 5.40. The molecule has 2 rings (SSSR count). The number of methoxy groups -OCH3 is 2. The van der Waals surface area contributed by atoms with Crippen molar-refractivity contribution in [3.05, 3.63) is 5.82 Å². The molecule has 0 aliphatic heterocycles. The highest BCUT2D eigenvalue weighted by molar-refractivity contribution is 7.98. The van der Waals surface area contributed by atoms with E-state index < -0.39 is 6.29 Å². The minimum absolute atomic E-state index is 0.391. The molecular formula is C8H14N8O2S. The Morgan fingerprint density at radius 2 is 2.00 bits per heavy atom. The average Bonchev–Trinajstić information content (AvgIpc) is 3.02. The van der Waals surface area contributed by atoms with Crippen molar-refractivity contribution in [3.63, 3.8) is 0 Å². The van der Waals surface area contributed by atoms with E-state index in [9.17, 15) is 0 Å². The molecule has 104 valence electrons. The predicted molar refractivity (Wildman–Crippen MR) is 64.0 cm³/mol. The van der Waals surface area contributed by atoms with Gasteiger partial charge in [-0.3, -0.25) is 0 Å². The molecule has 0 aliphatic rings. The minimum atomic E-state index is -0.391. The largest absolute Gasteiger partial charge is 0.354 e. The van der Waals surface area contributed by atoms with E-state index in [0.717, 1.165) is 0 Å². The fourth-order valence-electron chi connectivity index (χ4n) is 1.31. The van der Waals surface area contributed by atoms with Crippen molar-refractivity contribution in [2.75, 3.05) is 14.2 Å². The van der Waals surface area contributed by atoms with Crippen molar-refractivity contribution >= 4 is 11.8 Å². The van der Waals surface area contributed by atoms with Crippen LogP contribution in [0, 0.1) is 0 Å². The van der Waals surface area contributed by atoms with Gasteiger partial charge in [-0.2, -0.15) is 4.80 Å². The molecule has 0 aromatic carbocycles. The highest BCUT2D eigenvalue weighted by atomic mass is 32.2. The molecule has 0 bridgehead atoms. The quantitative estimate of drug-likeness (QED) is 0.473. The summed E-state index contributed by atoms with van der Waals surface area (Å²) in [5.74, 6) is 1.16. The summed E-state index contributed by atoms with van der Waals surface area (Å²) in [4.78, 5) is 1.41. The van der Waals surface area contributed by atoms with Gasteiger partial charge < -0.3 is 9.47 Å². The molecule has 0 spiro atoms. The Kier molecular flexibility index (Phi) is 4.76. The van der Waals surface area contributed by atoms with E-state index in [-0.39, 0.29) is 0 Å². The van der Waals surface area contributed by atoms with Crippen molar-refractivity contribution in [2.24, 2.45) is 7.05 Å². The SMILES string of the molecule is COC(Cn1nnnc1SCc1nnn(C)n1)OC. The Morgan fingerprint density at radius 1 is 1.21 bits per heavy atom. The third-order valence-electron chi connectivity index (χ3n) is 2.23. The van der Waals surface area contributed by atoms with Crippen molar-refractivity contribution in [1.29, 1.82) is 0 Å². The summed E-state index contributed by atoms with van der Waals surface area (Å²) in [5.41, 5.74) is 0. The van der Waals surface area contributed by atoms with Crippen LogP contribution in [-0.4, -0.2) is 60.9 Å². The van der Waals surface area contributed by atoms with Crippen LogP contribution in [0.3, 0.4) is 0 Å². The van der Waals surface area contributed by atoms with E-state index in [0.29, 0.717) is 23.3 Å². The predicted octanol–water partition coefficient (Wildman–Crippen LogP) is -0.892. The molecule has 0 aliphatic carbocycles. The van der Waals surface area contributed by atoms with Crippen LogP contribution in [-0.2, 0) is 28.8 Å². The summed E-state index contributed by atoms with van der Waals surface area (Å²) in [5, 5.41) is 23.8. The molecule has 2 aromatic heterocycles. The third kappa shape index (κ3) is 3.68. The number of nitrogens with zero attached hydrogens (tertiary/aromatic N) is 8. The number of tetrazole rings is 2. The molecule has 0 unspecified atom stereocenters. The lowest BCUT2D eigenvalue weighted by Gasteiger charge is -2.13. The average molecular weight is 286 g/mol. The Bertz CT molecular complexity index is 510. The number of ether oxygens (including phenoxy) is 2. The molecule has 2 aromatic rings. The second kappa shape index (κ2) is 6.54. The van der Waals surface area contributed by atoms with Gasteiger partial charge in [0.05, 0.1) is 19.3 Å². The van der Waals surface area contributed by atoms with Crippen LogP contribution in [0.25, 0.3) is 0 Å². The van der Waals surface area contributed by atoms with Crippen LogP contribution in [0.2, 0.25) is 0 Å². The van der Waals surface area contributed by atoms with E-state index >= 15 is 0 Å². The molecule has 0 saturated carbocycles. The molecule has 0 N–H and O–H groups in total. The van der Waals surface area contributed by atoms with E-state index in [1.807, 2.05) is 0 Å². The first-order chi connectivity index (χ1) is 9.22. The molecule has 0 amide bonds. The van der Waals surface area contributed by atoms with Crippen LogP contribution in [0.15, 0.2) is 5.16 Å². The normalized spacial score (nSPS) is 11.4. The Hall–Kier alpha value is -1.59. The highest BCUT2D eigenvalue weighted by Crippen LogP contribution is 2.17. The van der Waals surface area contributed by atoms with Crippen molar-refractivity contribution in [1.82, 2.24) is 40.4 Å². The Morgan fingerprint density at radius 3 is 2.63 bits per heavy atom. The fraction of sp³-hybridized carbons (Fsp3) is 0.750. The molecule has 11 heteroatoms. The molecule has 2 heterocycles. The summed E-state index contributed by atoms with van der Waals surface area (Å²) in [7, 11) is 4.84. The number of hydrogen-bond donors (Lipinski definition) is 0. The lowest BCUT2D eigenvalue weighted by Crippen LogP contribution is -2.21. The number of rotatable bonds is 7. The molecule has 0 atom stereocenters. The number of aryl methyl sites for hydroxylation is 1. The second-order valence-corrected chi connectivity index (χ2v) is 4.47. The summed E-state index contributed by atoms with van der Waals surface area (Å²) >= 11 is 1.42. The van der Waals surface area contributed by atoms with Crippen molar-refractivity contribution in [2.45, 2.75) is 23.7 Å². The smallest absolute Gasteiger partial charge is 0.209 e. The zero-order valence-electron chi connectivity index (χ0n) is 10.8. The van der Waals surface area contributed by atoms with Gasteiger partial charge in [0, 0.05) is 14.2 Å². The van der Waals surface area contributed by atoms with Gasteiger partial charge in [0.2, 0.25) is 5.16 Å². The number of hydrogen-bond acceptors (Lipinski definition) is 9. The maximum Gasteiger partial charge on any atom is 0.209 e. The second-order valence-electron chi connectivity index (χ2n) is 3.53. The van der Waals surface area contributed by atoms with E-state index in [2.05, 4.69) is 30.9 Å². The highest BCUT2D eigenvalue weighted by Gasteiger charge is 2.13. The Labute approximate surface area is 113 Å². The molecule has 0 radical (unpaired) electrons. The van der Waals surface area contributed by atoms with Crippen molar-refractivity contribution in [3.8, 4) is 0 Å². The van der Waals surface area contributed by atoms with Crippen LogP contribution in [0.5, 0.6) is 0 Å². The maximum atomic E-state index is 5.11. The lowest BCUT2D eigenvalue weighted by molar-refractivity contribution is -0.113. The fourth-order valence-corrected chi connectivity index (χ4v) is 2.04. The van der Waals surface area contributed by atoms with E-state index in [1.54, 1.807) is 25.9 Å². The third-order valence-corrected chi connectivity index (χ3v) is 3.18. The summed E-state index contributed by atoms with van der Waals surface area (Å²) in [6.45, 7) is 0.413. The van der Waals surface area contributed by atoms with Gasteiger partial charge >= 0.3 is 0 Å².